The Bertz CT molecular complexity index is 266. The number of pyridine rings is 1. The molecule has 1 aromatic rings. The molecular formula is C9H13BrN2O2. The van der Waals surface area contributed by atoms with Gasteiger partial charge in [-0.1, -0.05) is 0 Å². The zero-order valence-electron chi connectivity index (χ0n) is 7.90. The van der Waals surface area contributed by atoms with Crippen LogP contribution in [0.3, 0.4) is 0 Å². The molecule has 0 aliphatic carbocycles. The standard InChI is InChI=1S/C9H13BrN2O2/c1-14-6-8(13)5-12-9-3-2-7(10)4-11-9/h2-4,8,13H,5-6H2,1H3,(H,11,12). The molecule has 0 saturated carbocycles. The summed E-state index contributed by atoms with van der Waals surface area (Å²) in [6, 6.07) is 3.72. The van der Waals surface area contributed by atoms with E-state index >= 15 is 0 Å². The molecule has 2 N–H and O–H groups in total. The van der Waals surface area contributed by atoms with Crippen LogP contribution in [0, 0.1) is 0 Å². The van der Waals surface area contributed by atoms with Crippen LogP contribution < -0.4 is 5.32 Å². The molecule has 1 unspecified atom stereocenters. The fourth-order valence-electron chi connectivity index (χ4n) is 0.954. The summed E-state index contributed by atoms with van der Waals surface area (Å²) < 4.78 is 5.72. The van der Waals surface area contributed by atoms with Crippen LogP contribution in [0.25, 0.3) is 0 Å². The highest BCUT2D eigenvalue weighted by atomic mass is 79.9. The Labute approximate surface area is 91.4 Å². The molecule has 0 fully saturated rings. The SMILES string of the molecule is COCC(O)CNc1ccc(Br)cn1. The molecule has 1 atom stereocenters. The van der Waals surface area contributed by atoms with Crippen molar-refractivity contribution in [2.45, 2.75) is 6.10 Å². The molecule has 0 saturated heterocycles. The first-order valence-corrected chi connectivity index (χ1v) is 5.04. The Morgan fingerprint density at radius 1 is 1.64 bits per heavy atom. The average Bonchev–Trinajstić information content (AvgIpc) is 2.17. The largest absolute Gasteiger partial charge is 0.389 e. The molecule has 0 aliphatic heterocycles. The molecule has 78 valence electrons. The third-order valence-corrected chi connectivity index (χ3v) is 2.07. The van der Waals surface area contributed by atoms with Gasteiger partial charge in [-0.25, -0.2) is 4.98 Å². The molecule has 0 spiro atoms. The van der Waals surface area contributed by atoms with Crippen LogP contribution in [0.2, 0.25) is 0 Å². The maximum absolute atomic E-state index is 9.34. The number of anilines is 1. The lowest BCUT2D eigenvalue weighted by atomic mass is 10.3. The van der Waals surface area contributed by atoms with Crippen molar-refractivity contribution < 1.29 is 9.84 Å². The summed E-state index contributed by atoms with van der Waals surface area (Å²) in [5, 5.41) is 12.3. The first-order chi connectivity index (χ1) is 6.72. The molecule has 1 aromatic heterocycles. The summed E-state index contributed by atoms with van der Waals surface area (Å²) in [7, 11) is 1.56. The number of nitrogens with zero attached hydrogens (tertiary/aromatic N) is 1. The van der Waals surface area contributed by atoms with Crippen molar-refractivity contribution in [1.29, 1.82) is 0 Å². The molecule has 5 heteroatoms. The van der Waals surface area contributed by atoms with Gasteiger partial charge in [-0.3, -0.25) is 0 Å². The quantitative estimate of drug-likeness (QED) is 0.837. The van der Waals surface area contributed by atoms with Gasteiger partial charge < -0.3 is 15.2 Å². The molecular weight excluding hydrogens is 248 g/mol. The molecule has 14 heavy (non-hydrogen) atoms. The number of rotatable bonds is 5. The van der Waals surface area contributed by atoms with Crippen molar-refractivity contribution in [1.82, 2.24) is 4.98 Å². The van der Waals surface area contributed by atoms with Gasteiger partial charge in [0.15, 0.2) is 0 Å². The van der Waals surface area contributed by atoms with E-state index < -0.39 is 6.10 Å². The minimum absolute atomic E-state index is 0.323. The summed E-state index contributed by atoms with van der Waals surface area (Å²) in [6.45, 7) is 0.756. The number of hydrogen-bond donors (Lipinski definition) is 2. The molecule has 4 nitrogen and oxygen atoms in total. The van der Waals surface area contributed by atoms with Crippen molar-refractivity contribution in [2.75, 3.05) is 25.6 Å². The van der Waals surface area contributed by atoms with Gasteiger partial charge in [0, 0.05) is 24.3 Å². The van der Waals surface area contributed by atoms with Crippen LogP contribution in [0.4, 0.5) is 5.82 Å². The first-order valence-electron chi connectivity index (χ1n) is 4.25. The number of hydrogen-bond acceptors (Lipinski definition) is 4. The lowest BCUT2D eigenvalue weighted by Crippen LogP contribution is -2.24. The average molecular weight is 261 g/mol. The highest BCUT2D eigenvalue weighted by molar-refractivity contribution is 9.10. The smallest absolute Gasteiger partial charge is 0.126 e. The third kappa shape index (κ3) is 4.04. The van der Waals surface area contributed by atoms with Crippen molar-refractivity contribution >= 4 is 21.7 Å². The normalized spacial score (nSPS) is 12.5. The Morgan fingerprint density at radius 3 is 3.00 bits per heavy atom. The van der Waals surface area contributed by atoms with Crippen molar-refractivity contribution in [3.63, 3.8) is 0 Å². The van der Waals surface area contributed by atoms with Crippen LogP contribution in [-0.4, -0.2) is 36.5 Å². The van der Waals surface area contributed by atoms with E-state index in [2.05, 4.69) is 26.2 Å². The second-order valence-corrected chi connectivity index (χ2v) is 3.77. The maximum Gasteiger partial charge on any atom is 0.126 e. The monoisotopic (exact) mass is 260 g/mol. The number of aromatic nitrogens is 1. The molecule has 1 rings (SSSR count). The number of nitrogens with one attached hydrogen (secondary N) is 1. The van der Waals surface area contributed by atoms with E-state index in [4.69, 9.17) is 4.74 Å². The molecule has 0 radical (unpaired) electrons. The number of aliphatic hydroxyl groups is 1. The van der Waals surface area contributed by atoms with Gasteiger partial charge in [-0.2, -0.15) is 0 Å². The summed E-state index contributed by atoms with van der Waals surface area (Å²) in [6.07, 6.45) is 1.19. The molecule has 0 amide bonds. The van der Waals surface area contributed by atoms with E-state index in [0.29, 0.717) is 13.2 Å². The van der Waals surface area contributed by atoms with Gasteiger partial charge >= 0.3 is 0 Å². The van der Waals surface area contributed by atoms with Crippen LogP contribution in [0.5, 0.6) is 0 Å². The highest BCUT2D eigenvalue weighted by Crippen LogP contribution is 2.10. The van der Waals surface area contributed by atoms with Crippen LogP contribution in [-0.2, 0) is 4.74 Å². The van der Waals surface area contributed by atoms with Gasteiger partial charge in [-0.05, 0) is 28.1 Å². The molecule has 0 aromatic carbocycles. The van der Waals surface area contributed by atoms with E-state index in [1.54, 1.807) is 13.3 Å². The number of ether oxygens (including phenoxy) is 1. The highest BCUT2D eigenvalue weighted by Gasteiger charge is 2.02. The minimum atomic E-state index is -0.509. The zero-order chi connectivity index (χ0) is 10.4. The molecule has 0 bridgehead atoms. The van der Waals surface area contributed by atoms with Crippen LogP contribution in [0.1, 0.15) is 0 Å². The number of halogens is 1. The first kappa shape index (κ1) is 11.4. The fourth-order valence-corrected chi connectivity index (χ4v) is 1.19. The van der Waals surface area contributed by atoms with E-state index in [1.807, 2.05) is 12.1 Å². The maximum atomic E-state index is 9.34. The lowest BCUT2D eigenvalue weighted by molar-refractivity contribution is 0.0727. The van der Waals surface area contributed by atoms with Crippen LogP contribution in [0.15, 0.2) is 22.8 Å². The van der Waals surface area contributed by atoms with Crippen molar-refractivity contribution in [3.8, 4) is 0 Å². The summed E-state index contributed by atoms with van der Waals surface area (Å²) in [4.78, 5) is 4.10. The lowest BCUT2D eigenvalue weighted by Gasteiger charge is -2.10. The topological polar surface area (TPSA) is 54.4 Å². The Morgan fingerprint density at radius 2 is 2.43 bits per heavy atom. The second-order valence-electron chi connectivity index (χ2n) is 2.85. The third-order valence-electron chi connectivity index (χ3n) is 1.61. The van der Waals surface area contributed by atoms with Gasteiger partial charge in [-0.15, -0.1) is 0 Å². The Balaban J connectivity index is 2.34. The van der Waals surface area contributed by atoms with E-state index in [-0.39, 0.29) is 0 Å². The van der Waals surface area contributed by atoms with E-state index in [9.17, 15) is 5.11 Å². The number of methoxy groups -OCH3 is 1. The second kappa shape index (κ2) is 5.95. The van der Waals surface area contributed by atoms with E-state index in [1.165, 1.54) is 0 Å². The Kier molecular flexibility index (Phi) is 4.86. The molecule has 1 heterocycles. The predicted octanol–water partition coefficient (Wildman–Crippen LogP) is 1.26. The van der Waals surface area contributed by atoms with Gasteiger partial charge in [0.2, 0.25) is 0 Å². The summed E-state index contributed by atoms with van der Waals surface area (Å²) in [5.41, 5.74) is 0. The van der Waals surface area contributed by atoms with Gasteiger partial charge in [0.1, 0.15) is 5.82 Å². The summed E-state index contributed by atoms with van der Waals surface area (Å²) in [5.74, 6) is 0.739. The number of aliphatic hydroxyl groups excluding tert-OH is 1. The van der Waals surface area contributed by atoms with Gasteiger partial charge in [0.25, 0.3) is 0 Å². The van der Waals surface area contributed by atoms with Gasteiger partial charge in [0.05, 0.1) is 12.7 Å². The Hall–Kier alpha value is -0.650. The zero-order valence-corrected chi connectivity index (χ0v) is 9.49. The summed E-state index contributed by atoms with van der Waals surface area (Å²) >= 11 is 3.29. The van der Waals surface area contributed by atoms with Crippen molar-refractivity contribution in [2.24, 2.45) is 0 Å². The predicted molar refractivity (Wildman–Crippen MR) is 58.3 cm³/mol. The van der Waals surface area contributed by atoms with E-state index in [0.717, 1.165) is 10.3 Å². The minimum Gasteiger partial charge on any atom is -0.389 e. The fraction of sp³-hybridized carbons (Fsp3) is 0.444. The molecule has 0 aliphatic rings. The van der Waals surface area contributed by atoms with Crippen LogP contribution >= 0.6 is 15.9 Å². The van der Waals surface area contributed by atoms with Crippen molar-refractivity contribution in [3.05, 3.63) is 22.8 Å².